The minimum absolute atomic E-state index is 0.230. The highest BCUT2D eigenvalue weighted by molar-refractivity contribution is 8.21. The third kappa shape index (κ3) is 12.6. The lowest BCUT2D eigenvalue weighted by atomic mass is 10.3. The van der Waals surface area contributed by atoms with Crippen LogP contribution in [0, 0.1) is 0 Å². The summed E-state index contributed by atoms with van der Waals surface area (Å²) in [6, 6.07) is 0.626. The van der Waals surface area contributed by atoms with Crippen LogP contribution in [-0.4, -0.2) is 82.4 Å². The van der Waals surface area contributed by atoms with Crippen molar-refractivity contribution in [3.05, 3.63) is 12.2 Å². The molecule has 0 saturated carbocycles. The standard InChI is InChI=1S/C19H38O10SSi/c1-22-30(23-2,24-3)16-10-7-8-14-28-18(20)12-13-19(21)29-15-9-11-17-31(25-4,26-5)27-6/h12-13H,7-11,14-17H2,1-6H3. The van der Waals surface area contributed by atoms with Crippen LogP contribution in [0.2, 0.25) is 6.04 Å². The van der Waals surface area contributed by atoms with E-state index in [0.717, 1.165) is 31.4 Å². The van der Waals surface area contributed by atoms with E-state index >= 15 is 0 Å². The van der Waals surface area contributed by atoms with E-state index in [-0.39, 0.29) is 13.2 Å². The zero-order chi connectivity index (χ0) is 23.6. The number of ether oxygens (including phenoxy) is 2. The van der Waals surface area contributed by atoms with Gasteiger partial charge in [0.25, 0.3) is 0 Å². The Hall–Kier alpha value is -0.993. The lowest BCUT2D eigenvalue weighted by Crippen LogP contribution is -2.42. The summed E-state index contributed by atoms with van der Waals surface area (Å²) in [5.41, 5.74) is 0. The second-order valence-corrected chi connectivity index (χ2v) is 11.9. The van der Waals surface area contributed by atoms with Crippen LogP contribution < -0.4 is 0 Å². The minimum Gasteiger partial charge on any atom is -0.463 e. The topological polar surface area (TPSA) is 108 Å². The van der Waals surface area contributed by atoms with Crippen molar-refractivity contribution >= 4 is 31.6 Å². The Morgan fingerprint density at radius 1 is 0.677 bits per heavy atom. The summed E-state index contributed by atoms with van der Waals surface area (Å²) < 4.78 is 42.0. The molecule has 0 aliphatic rings. The molecule has 0 amide bonds. The van der Waals surface area contributed by atoms with E-state index < -0.39 is 31.6 Å². The number of carbonyl (C=O) groups excluding carboxylic acids is 2. The van der Waals surface area contributed by atoms with Crippen molar-refractivity contribution in [3.63, 3.8) is 0 Å². The van der Waals surface area contributed by atoms with Gasteiger partial charge in [-0.3, -0.25) is 12.5 Å². The molecule has 184 valence electrons. The summed E-state index contributed by atoms with van der Waals surface area (Å²) >= 11 is 0. The molecule has 0 heterocycles. The molecule has 0 aromatic heterocycles. The predicted octanol–water partition coefficient (Wildman–Crippen LogP) is 2.95. The second-order valence-electron chi connectivity index (χ2n) is 6.24. The molecule has 10 nitrogen and oxygen atoms in total. The van der Waals surface area contributed by atoms with E-state index in [1.165, 1.54) is 0 Å². The number of hydrogen-bond donors (Lipinski definition) is 0. The van der Waals surface area contributed by atoms with E-state index in [2.05, 4.69) is 0 Å². The molecular formula is C19H38O10SSi. The monoisotopic (exact) mass is 486 g/mol. The van der Waals surface area contributed by atoms with Crippen molar-refractivity contribution in [2.24, 2.45) is 0 Å². The first-order valence-electron chi connectivity index (χ1n) is 10.0. The van der Waals surface area contributed by atoms with Gasteiger partial charge >= 0.3 is 20.7 Å². The fourth-order valence-corrected chi connectivity index (χ4v) is 5.85. The Morgan fingerprint density at radius 3 is 1.55 bits per heavy atom. The van der Waals surface area contributed by atoms with Gasteiger partial charge in [-0.25, -0.2) is 9.59 Å². The molecule has 0 rings (SSSR count). The highest BCUT2D eigenvalue weighted by Gasteiger charge is 2.36. The predicted molar refractivity (Wildman–Crippen MR) is 119 cm³/mol. The third-order valence-electron chi connectivity index (χ3n) is 4.45. The number of rotatable bonds is 19. The van der Waals surface area contributed by atoms with Gasteiger partial charge in [0.1, 0.15) is 0 Å². The van der Waals surface area contributed by atoms with Crippen molar-refractivity contribution < 1.29 is 44.9 Å². The Balaban J connectivity index is 3.90. The number of unbranched alkanes of at least 4 members (excludes halogenated alkanes) is 3. The minimum atomic E-state index is -2.60. The van der Waals surface area contributed by atoms with Crippen LogP contribution in [0.25, 0.3) is 0 Å². The van der Waals surface area contributed by atoms with Crippen LogP contribution in [0.5, 0.6) is 0 Å². The Morgan fingerprint density at radius 2 is 1.13 bits per heavy atom. The average molecular weight is 487 g/mol. The van der Waals surface area contributed by atoms with Gasteiger partial charge in [-0.1, -0.05) is 0 Å². The Kier molecular flexibility index (Phi) is 17.0. The van der Waals surface area contributed by atoms with E-state index in [4.69, 9.17) is 35.3 Å². The number of carbonyl (C=O) groups is 2. The van der Waals surface area contributed by atoms with E-state index in [9.17, 15) is 9.59 Å². The number of esters is 2. The maximum atomic E-state index is 11.7. The van der Waals surface area contributed by atoms with Crippen molar-refractivity contribution in [1.82, 2.24) is 0 Å². The molecule has 0 aliphatic carbocycles. The molecule has 0 bridgehead atoms. The molecule has 0 aliphatic heterocycles. The maximum Gasteiger partial charge on any atom is 0.500 e. The molecule has 0 unspecified atom stereocenters. The molecule has 0 saturated heterocycles. The highest BCUT2D eigenvalue weighted by Crippen LogP contribution is 2.49. The van der Waals surface area contributed by atoms with E-state index in [1.807, 2.05) is 0 Å². The van der Waals surface area contributed by atoms with E-state index in [1.54, 1.807) is 42.7 Å². The molecule has 0 radical (unpaired) electrons. The average Bonchev–Trinajstić information content (AvgIpc) is 2.80. The molecule has 0 atom stereocenters. The van der Waals surface area contributed by atoms with Gasteiger partial charge in [0.2, 0.25) is 0 Å². The molecule has 12 heteroatoms. The van der Waals surface area contributed by atoms with Gasteiger partial charge in [-0.15, -0.1) is 0 Å². The lowest BCUT2D eigenvalue weighted by molar-refractivity contribution is -0.140. The zero-order valence-electron chi connectivity index (χ0n) is 19.5. The Bertz CT molecular complexity index is 507. The summed E-state index contributed by atoms with van der Waals surface area (Å²) in [6.07, 6.45) is 5.81. The molecule has 31 heavy (non-hydrogen) atoms. The fraction of sp³-hybridized carbons (Fsp3) is 0.789. The van der Waals surface area contributed by atoms with Gasteiger partial charge in [-0.2, -0.15) is 0 Å². The first-order valence-corrected chi connectivity index (χ1v) is 13.5. The smallest absolute Gasteiger partial charge is 0.463 e. The van der Waals surface area contributed by atoms with Crippen molar-refractivity contribution in [3.8, 4) is 0 Å². The van der Waals surface area contributed by atoms with Crippen LogP contribution in [0.3, 0.4) is 0 Å². The van der Waals surface area contributed by atoms with Crippen LogP contribution >= 0.6 is 10.9 Å². The van der Waals surface area contributed by atoms with Crippen LogP contribution in [-0.2, 0) is 44.9 Å². The van der Waals surface area contributed by atoms with Gasteiger partial charge in [0.15, 0.2) is 0 Å². The quantitative estimate of drug-likeness (QED) is 0.117. The van der Waals surface area contributed by atoms with Crippen LogP contribution in [0.4, 0.5) is 0 Å². The Labute approximate surface area is 188 Å². The first kappa shape index (κ1) is 30.0. The summed E-state index contributed by atoms with van der Waals surface area (Å²) in [6.45, 7) is 0.491. The SMILES string of the molecule is CO[Si](CCCCOC(=O)C=CC(=O)OCCCCCS(OC)(OC)OC)(OC)OC. The van der Waals surface area contributed by atoms with Gasteiger partial charge in [0, 0.05) is 45.3 Å². The number of hydrogen-bond acceptors (Lipinski definition) is 10. The van der Waals surface area contributed by atoms with Gasteiger partial charge in [-0.05, 0) is 32.1 Å². The zero-order valence-corrected chi connectivity index (χ0v) is 21.3. The molecule has 0 spiro atoms. The normalized spacial score (nSPS) is 12.8. The third-order valence-corrected chi connectivity index (χ3v) is 9.60. The molecule has 0 N–H and O–H groups in total. The summed E-state index contributed by atoms with van der Waals surface area (Å²) in [7, 11) is 4.78. The van der Waals surface area contributed by atoms with Gasteiger partial charge < -0.3 is 22.8 Å². The lowest BCUT2D eigenvalue weighted by Gasteiger charge is -2.33. The summed E-state index contributed by atoms with van der Waals surface area (Å²) in [5.74, 6) is -0.538. The highest BCUT2D eigenvalue weighted by atomic mass is 32.3. The van der Waals surface area contributed by atoms with Crippen molar-refractivity contribution in [1.29, 1.82) is 0 Å². The van der Waals surface area contributed by atoms with E-state index in [0.29, 0.717) is 24.6 Å². The first-order chi connectivity index (χ1) is 14.9. The molecule has 0 aromatic carbocycles. The van der Waals surface area contributed by atoms with Crippen molar-refractivity contribution in [2.75, 3.05) is 61.6 Å². The second kappa shape index (κ2) is 17.5. The summed E-state index contributed by atoms with van der Waals surface area (Å²) in [4.78, 5) is 23.3. The van der Waals surface area contributed by atoms with Gasteiger partial charge in [0.05, 0.1) is 45.4 Å². The summed E-state index contributed by atoms with van der Waals surface area (Å²) in [5, 5.41) is 0. The molecule has 0 aromatic rings. The maximum absolute atomic E-state index is 11.7. The van der Waals surface area contributed by atoms with Crippen LogP contribution in [0.1, 0.15) is 32.1 Å². The molecule has 0 fully saturated rings. The molecular weight excluding hydrogens is 448 g/mol. The fourth-order valence-electron chi connectivity index (χ4n) is 2.59. The largest absolute Gasteiger partial charge is 0.500 e. The van der Waals surface area contributed by atoms with Crippen LogP contribution in [0.15, 0.2) is 12.2 Å². The van der Waals surface area contributed by atoms with Crippen molar-refractivity contribution in [2.45, 2.75) is 38.1 Å².